The molecule has 0 spiro atoms. The number of rotatable bonds is 3. The second-order valence-electron chi connectivity index (χ2n) is 1.55. The van der Waals surface area contributed by atoms with Crippen LogP contribution >= 0.6 is 8.25 Å². The molecule has 0 saturated heterocycles. The molecule has 6 heteroatoms. The van der Waals surface area contributed by atoms with Crippen LogP contribution in [-0.4, -0.2) is 24.1 Å². The van der Waals surface area contributed by atoms with Gasteiger partial charge in [0, 0.05) is 0 Å². The van der Waals surface area contributed by atoms with Gasteiger partial charge in [-0.25, -0.2) is 4.79 Å². The summed E-state index contributed by atoms with van der Waals surface area (Å²) in [4.78, 5) is 18.6. The first-order valence-corrected chi connectivity index (χ1v) is 3.81. The largest absolute Gasteiger partial charge is 0.467 e. The van der Waals surface area contributed by atoms with E-state index in [1.165, 1.54) is 14.0 Å². The second-order valence-corrected chi connectivity index (χ2v) is 2.32. The zero-order valence-electron chi connectivity index (χ0n) is 5.66. The van der Waals surface area contributed by atoms with Crippen molar-refractivity contribution in [3.05, 3.63) is 0 Å². The normalized spacial score (nSPS) is 15.9. The summed E-state index contributed by atoms with van der Waals surface area (Å²) in [5, 5.41) is 0. The van der Waals surface area contributed by atoms with Crippen molar-refractivity contribution in [1.29, 1.82) is 0 Å². The lowest BCUT2D eigenvalue weighted by molar-refractivity contribution is -0.148. The Kier molecular flexibility index (Phi) is 4.27. The Labute approximate surface area is 58.9 Å². The van der Waals surface area contributed by atoms with Gasteiger partial charge in [-0.2, -0.15) is 0 Å². The average Bonchev–Trinajstić information content (AvgIpc) is 1.85. The Hall–Kier alpha value is -0.380. The molecule has 0 aliphatic heterocycles. The lowest BCUT2D eigenvalue weighted by Gasteiger charge is -2.06. The first-order chi connectivity index (χ1) is 4.57. The molecule has 0 bridgehead atoms. The number of hydrogen-bond donors (Lipinski definition) is 1. The van der Waals surface area contributed by atoms with Crippen LogP contribution in [0.25, 0.3) is 0 Å². The van der Waals surface area contributed by atoms with Crippen molar-refractivity contribution in [2.45, 2.75) is 13.0 Å². The van der Waals surface area contributed by atoms with Gasteiger partial charge in [-0.3, -0.25) is 9.09 Å². The average molecular weight is 168 g/mol. The van der Waals surface area contributed by atoms with E-state index < -0.39 is 20.3 Å². The van der Waals surface area contributed by atoms with Gasteiger partial charge in [-0.15, -0.1) is 0 Å². The van der Waals surface area contributed by atoms with E-state index in [-0.39, 0.29) is 0 Å². The summed E-state index contributed by atoms with van der Waals surface area (Å²) in [5.74, 6) is -0.660. The molecule has 2 unspecified atom stereocenters. The molecule has 0 fully saturated rings. The van der Waals surface area contributed by atoms with Gasteiger partial charge in [-0.05, 0) is 6.92 Å². The zero-order valence-corrected chi connectivity index (χ0v) is 6.66. The van der Waals surface area contributed by atoms with Gasteiger partial charge in [0.15, 0.2) is 6.10 Å². The standard InChI is InChI=1S/C4H9O5P/c1-3(4(5)8-2)9-10(6)7/h3,10H,1-2H3,(H,6,7). The lowest BCUT2D eigenvalue weighted by atomic mass is 10.4. The van der Waals surface area contributed by atoms with E-state index in [2.05, 4.69) is 9.26 Å². The lowest BCUT2D eigenvalue weighted by Crippen LogP contribution is -2.19. The number of hydrogen-bond acceptors (Lipinski definition) is 4. The molecule has 0 rings (SSSR count). The van der Waals surface area contributed by atoms with Crippen molar-refractivity contribution in [2.75, 3.05) is 7.11 Å². The summed E-state index contributed by atoms with van der Waals surface area (Å²) in [6.45, 7) is 1.34. The van der Waals surface area contributed by atoms with Crippen LogP contribution in [0.3, 0.4) is 0 Å². The molecule has 60 valence electrons. The molecule has 0 aromatic heterocycles. The topological polar surface area (TPSA) is 72.8 Å². The van der Waals surface area contributed by atoms with Crippen molar-refractivity contribution < 1.29 is 23.5 Å². The number of esters is 1. The van der Waals surface area contributed by atoms with Crippen LogP contribution in [0.2, 0.25) is 0 Å². The van der Waals surface area contributed by atoms with Crippen molar-refractivity contribution in [2.24, 2.45) is 0 Å². The van der Waals surface area contributed by atoms with Crippen LogP contribution in [0.15, 0.2) is 0 Å². The van der Waals surface area contributed by atoms with Gasteiger partial charge in [0.25, 0.3) is 0 Å². The molecule has 0 aromatic rings. The summed E-state index contributed by atoms with van der Waals surface area (Å²) < 4.78 is 18.4. The van der Waals surface area contributed by atoms with Crippen molar-refractivity contribution in [3.63, 3.8) is 0 Å². The molecule has 0 aromatic carbocycles. The molecular weight excluding hydrogens is 159 g/mol. The van der Waals surface area contributed by atoms with Crippen molar-refractivity contribution >= 4 is 14.2 Å². The summed E-state index contributed by atoms with van der Waals surface area (Å²) in [7, 11) is -1.86. The Morgan fingerprint density at radius 1 is 1.70 bits per heavy atom. The molecule has 5 nitrogen and oxygen atoms in total. The van der Waals surface area contributed by atoms with Gasteiger partial charge in [-0.1, -0.05) is 0 Å². The van der Waals surface area contributed by atoms with E-state index in [0.29, 0.717) is 0 Å². The van der Waals surface area contributed by atoms with E-state index in [0.717, 1.165) is 0 Å². The summed E-state index contributed by atoms with van der Waals surface area (Å²) in [6, 6.07) is 0. The molecule has 0 aliphatic rings. The highest BCUT2D eigenvalue weighted by Crippen LogP contribution is 2.17. The Balaban J connectivity index is 3.72. The molecule has 0 saturated carbocycles. The van der Waals surface area contributed by atoms with Crippen LogP contribution in [0.1, 0.15) is 6.92 Å². The summed E-state index contributed by atoms with van der Waals surface area (Å²) in [5.41, 5.74) is 0. The molecule has 10 heavy (non-hydrogen) atoms. The summed E-state index contributed by atoms with van der Waals surface area (Å²) in [6.07, 6.45) is -0.971. The third-order valence-corrected chi connectivity index (χ3v) is 1.37. The minimum atomic E-state index is -3.04. The summed E-state index contributed by atoms with van der Waals surface area (Å²) >= 11 is 0. The highest BCUT2D eigenvalue weighted by molar-refractivity contribution is 7.32. The van der Waals surface area contributed by atoms with E-state index in [1.54, 1.807) is 0 Å². The molecular formula is C4H9O5P. The first kappa shape index (κ1) is 9.62. The van der Waals surface area contributed by atoms with Gasteiger partial charge in [0.2, 0.25) is 0 Å². The van der Waals surface area contributed by atoms with Gasteiger partial charge >= 0.3 is 14.2 Å². The molecule has 0 amide bonds. The number of methoxy groups -OCH3 is 1. The molecule has 0 heterocycles. The van der Waals surface area contributed by atoms with E-state index in [9.17, 15) is 9.36 Å². The third kappa shape index (κ3) is 3.61. The van der Waals surface area contributed by atoms with E-state index in [4.69, 9.17) is 4.89 Å². The van der Waals surface area contributed by atoms with Gasteiger partial charge < -0.3 is 9.63 Å². The predicted molar refractivity (Wildman–Crippen MR) is 33.8 cm³/mol. The monoisotopic (exact) mass is 168 g/mol. The minimum Gasteiger partial charge on any atom is -0.467 e. The maximum atomic E-state index is 10.5. The predicted octanol–water partition coefficient (Wildman–Crippen LogP) is -0.0535. The van der Waals surface area contributed by atoms with Crippen LogP contribution in [0.5, 0.6) is 0 Å². The molecule has 2 atom stereocenters. The Bertz CT molecular complexity index is 145. The number of carbonyl (C=O) groups excluding carboxylic acids is 1. The van der Waals surface area contributed by atoms with Crippen LogP contribution in [0.4, 0.5) is 0 Å². The van der Waals surface area contributed by atoms with Gasteiger partial charge in [0.1, 0.15) is 0 Å². The SMILES string of the molecule is COC(=O)C(C)O[PH](=O)O. The second kappa shape index (κ2) is 4.44. The van der Waals surface area contributed by atoms with Crippen LogP contribution in [-0.2, 0) is 18.6 Å². The smallest absolute Gasteiger partial charge is 0.335 e. The highest BCUT2D eigenvalue weighted by Gasteiger charge is 2.14. The van der Waals surface area contributed by atoms with Crippen molar-refractivity contribution in [1.82, 2.24) is 0 Å². The maximum Gasteiger partial charge on any atom is 0.335 e. The fourth-order valence-corrected chi connectivity index (χ4v) is 0.764. The quantitative estimate of drug-likeness (QED) is 0.472. The first-order valence-electron chi connectivity index (χ1n) is 2.55. The minimum absolute atomic E-state index is 0.660. The number of ether oxygens (including phenoxy) is 1. The van der Waals surface area contributed by atoms with E-state index in [1.807, 2.05) is 0 Å². The maximum absolute atomic E-state index is 10.5. The fraction of sp³-hybridized carbons (Fsp3) is 0.750. The molecule has 0 radical (unpaired) electrons. The Morgan fingerprint density at radius 3 is 2.50 bits per heavy atom. The molecule has 0 aliphatic carbocycles. The highest BCUT2D eigenvalue weighted by atomic mass is 31.1. The third-order valence-electron chi connectivity index (χ3n) is 0.811. The van der Waals surface area contributed by atoms with Crippen LogP contribution < -0.4 is 0 Å². The zero-order chi connectivity index (χ0) is 8.15. The van der Waals surface area contributed by atoms with Gasteiger partial charge in [0.05, 0.1) is 7.11 Å². The van der Waals surface area contributed by atoms with E-state index >= 15 is 0 Å². The fourth-order valence-electron chi connectivity index (χ4n) is 0.365. The Morgan fingerprint density at radius 2 is 2.20 bits per heavy atom. The number of carbonyl (C=O) groups is 1. The van der Waals surface area contributed by atoms with Crippen LogP contribution in [0, 0.1) is 0 Å². The molecule has 1 N–H and O–H groups in total. The van der Waals surface area contributed by atoms with Crippen molar-refractivity contribution in [3.8, 4) is 0 Å².